The number of nitrogens with zero attached hydrogens (tertiary/aromatic N) is 2. The van der Waals surface area contributed by atoms with Crippen LogP contribution in [0.3, 0.4) is 0 Å². The van der Waals surface area contributed by atoms with Crippen LogP contribution in [0.2, 0.25) is 0 Å². The van der Waals surface area contributed by atoms with Gasteiger partial charge >= 0.3 is 0 Å². The number of oxime groups is 1. The molecule has 0 bridgehead atoms. The lowest BCUT2D eigenvalue weighted by Crippen LogP contribution is -2.44. The monoisotopic (exact) mass is 267 g/mol. The summed E-state index contributed by atoms with van der Waals surface area (Å²) in [7, 11) is 0. The minimum Gasteiger partial charge on any atom is -0.409 e. The minimum atomic E-state index is -0.0326. The maximum absolute atomic E-state index is 12.4. The molecule has 18 heavy (non-hydrogen) atoms. The maximum atomic E-state index is 12.4. The molecule has 0 aromatic carbocycles. The van der Waals surface area contributed by atoms with E-state index in [0.717, 1.165) is 25.7 Å². The molecule has 1 amide bonds. The Morgan fingerprint density at radius 1 is 1.56 bits per heavy atom. The van der Waals surface area contributed by atoms with E-state index in [1.807, 2.05) is 10.8 Å². The zero-order valence-electron chi connectivity index (χ0n) is 10.1. The second-order valence-corrected chi connectivity index (χ2v) is 5.25. The van der Waals surface area contributed by atoms with Gasteiger partial charge in [-0.1, -0.05) is 18.0 Å². The molecule has 1 aliphatic rings. The number of hydrogen-bond acceptors (Lipinski definition) is 4. The SMILES string of the molecule is NC(CN(C(=O)c1ccsc1)C1CCCC1)=NO. The van der Waals surface area contributed by atoms with Gasteiger partial charge in [-0.05, 0) is 24.3 Å². The number of amides is 1. The Kier molecular flexibility index (Phi) is 4.19. The van der Waals surface area contributed by atoms with Crippen molar-refractivity contribution in [3.05, 3.63) is 22.4 Å². The molecular formula is C12H17N3O2S. The van der Waals surface area contributed by atoms with Crippen molar-refractivity contribution in [3.8, 4) is 0 Å². The Balaban J connectivity index is 2.15. The smallest absolute Gasteiger partial charge is 0.255 e. The number of amidine groups is 1. The van der Waals surface area contributed by atoms with Crippen LogP contribution in [0.1, 0.15) is 36.0 Å². The second-order valence-electron chi connectivity index (χ2n) is 4.47. The first kappa shape index (κ1) is 12.9. The first-order valence-corrected chi connectivity index (χ1v) is 6.96. The molecule has 0 saturated heterocycles. The van der Waals surface area contributed by atoms with Gasteiger partial charge in [0.2, 0.25) is 0 Å². The van der Waals surface area contributed by atoms with Crippen LogP contribution in [0.4, 0.5) is 0 Å². The zero-order chi connectivity index (χ0) is 13.0. The third kappa shape index (κ3) is 2.81. The van der Waals surface area contributed by atoms with Gasteiger partial charge in [-0.25, -0.2) is 0 Å². The summed E-state index contributed by atoms with van der Waals surface area (Å²) < 4.78 is 0. The molecule has 1 aromatic heterocycles. The molecule has 1 aromatic rings. The van der Waals surface area contributed by atoms with Gasteiger partial charge in [-0.2, -0.15) is 11.3 Å². The summed E-state index contributed by atoms with van der Waals surface area (Å²) >= 11 is 1.49. The van der Waals surface area contributed by atoms with Crippen molar-refractivity contribution in [2.45, 2.75) is 31.7 Å². The van der Waals surface area contributed by atoms with Gasteiger partial charge in [0.1, 0.15) is 0 Å². The van der Waals surface area contributed by atoms with E-state index in [-0.39, 0.29) is 24.3 Å². The Morgan fingerprint density at radius 3 is 2.83 bits per heavy atom. The van der Waals surface area contributed by atoms with Crippen LogP contribution in [-0.2, 0) is 0 Å². The van der Waals surface area contributed by atoms with Crippen LogP contribution in [0.15, 0.2) is 22.0 Å². The summed E-state index contributed by atoms with van der Waals surface area (Å²) in [6, 6.07) is 2.01. The highest BCUT2D eigenvalue weighted by Crippen LogP contribution is 2.25. The summed E-state index contributed by atoms with van der Waals surface area (Å²) in [5, 5.41) is 15.3. The summed E-state index contributed by atoms with van der Waals surface area (Å²) in [6.45, 7) is 0.190. The van der Waals surface area contributed by atoms with E-state index in [0.29, 0.717) is 5.56 Å². The largest absolute Gasteiger partial charge is 0.409 e. The van der Waals surface area contributed by atoms with Crippen molar-refractivity contribution in [2.24, 2.45) is 10.9 Å². The lowest BCUT2D eigenvalue weighted by atomic mass is 10.1. The van der Waals surface area contributed by atoms with Crippen LogP contribution in [0, 0.1) is 0 Å². The molecular weight excluding hydrogens is 250 g/mol. The molecule has 0 aliphatic heterocycles. The van der Waals surface area contributed by atoms with Gasteiger partial charge in [0.05, 0.1) is 12.1 Å². The summed E-state index contributed by atoms with van der Waals surface area (Å²) in [5.74, 6) is 0.0419. The quantitative estimate of drug-likeness (QED) is 0.378. The van der Waals surface area contributed by atoms with Crippen LogP contribution in [0.25, 0.3) is 0 Å². The summed E-state index contributed by atoms with van der Waals surface area (Å²) in [4.78, 5) is 14.1. The van der Waals surface area contributed by atoms with E-state index in [2.05, 4.69) is 5.16 Å². The Hall–Kier alpha value is -1.56. The number of rotatable bonds is 4. The highest BCUT2D eigenvalue weighted by atomic mass is 32.1. The number of thiophene rings is 1. The average Bonchev–Trinajstić information content (AvgIpc) is 3.06. The van der Waals surface area contributed by atoms with Crippen LogP contribution < -0.4 is 5.73 Å². The van der Waals surface area contributed by atoms with Gasteiger partial charge < -0.3 is 15.8 Å². The fourth-order valence-corrected chi connectivity index (χ4v) is 2.97. The van der Waals surface area contributed by atoms with E-state index < -0.39 is 0 Å². The fraction of sp³-hybridized carbons (Fsp3) is 0.500. The van der Waals surface area contributed by atoms with Gasteiger partial charge in [-0.15, -0.1) is 0 Å². The molecule has 6 heteroatoms. The first-order valence-electron chi connectivity index (χ1n) is 6.02. The van der Waals surface area contributed by atoms with Crippen molar-refractivity contribution in [2.75, 3.05) is 6.54 Å². The highest BCUT2D eigenvalue weighted by Gasteiger charge is 2.28. The van der Waals surface area contributed by atoms with E-state index in [9.17, 15) is 4.79 Å². The average molecular weight is 267 g/mol. The van der Waals surface area contributed by atoms with Gasteiger partial charge in [-0.3, -0.25) is 4.79 Å². The van der Waals surface area contributed by atoms with E-state index in [1.54, 1.807) is 11.0 Å². The molecule has 0 atom stereocenters. The molecule has 1 heterocycles. The van der Waals surface area contributed by atoms with Crippen molar-refractivity contribution >= 4 is 23.1 Å². The van der Waals surface area contributed by atoms with Gasteiger partial charge in [0.15, 0.2) is 5.84 Å². The summed E-state index contributed by atoms with van der Waals surface area (Å²) in [5.41, 5.74) is 6.22. The number of carbonyl (C=O) groups excluding carboxylic acids is 1. The Labute approximate surface area is 110 Å². The standard InChI is InChI=1S/C12H17N3O2S/c13-11(14-17)7-15(10-3-1-2-4-10)12(16)9-5-6-18-8-9/h5-6,8,10,17H,1-4,7H2,(H2,13,14). The lowest BCUT2D eigenvalue weighted by molar-refractivity contribution is 0.0713. The third-order valence-corrected chi connectivity index (χ3v) is 3.94. The normalized spacial score (nSPS) is 17.0. The Bertz CT molecular complexity index is 425. The topological polar surface area (TPSA) is 78.9 Å². The predicted molar refractivity (Wildman–Crippen MR) is 71.0 cm³/mol. The van der Waals surface area contributed by atoms with Gasteiger partial charge in [0, 0.05) is 11.4 Å². The van der Waals surface area contributed by atoms with Crippen molar-refractivity contribution in [1.29, 1.82) is 0 Å². The number of carbonyl (C=O) groups is 1. The van der Waals surface area contributed by atoms with E-state index in [1.165, 1.54) is 11.3 Å². The predicted octanol–water partition coefficient (Wildman–Crippen LogP) is 1.88. The maximum Gasteiger partial charge on any atom is 0.255 e. The lowest BCUT2D eigenvalue weighted by Gasteiger charge is -2.28. The van der Waals surface area contributed by atoms with Crippen molar-refractivity contribution in [3.63, 3.8) is 0 Å². The fourth-order valence-electron chi connectivity index (χ4n) is 2.34. The second kappa shape index (κ2) is 5.86. The van der Waals surface area contributed by atoms with E-state index in [4.69, 9.17) is 10.9 Å². The third-order valence-electron chi connectivity index (χ3n) is 3.26. The molecule has 2 rings (SSSR count). The van der Waals surface area contributed by atoms with Crippen molar-refractivity contribution < 1.29 is 10.0 Å². The van der Waals surface area contributed by atoms with Crippen LogP contribution in [0.5, 0.6) is 0 Å². The van der Waals surface area contributed by atoms with Gasteiger partial charge in [0.25, 0.3) is 5.91 Å². The highest BCUT2D eigenvalue weighted by molar-refractivity contribution is 7.08. The number of nitrogens with two attached hydrogens (primary N) is 1. The molecule has 1 saturated carbocycles. The van der Waals surface area contributed by atoms with E-state index >= 15 is 0 Å². The number of hydrogen-bond donors (Lipinski definition) is 2. The molecule has 0 spiro atoms. The molecule has 0 unspecified atom stereocenters. The van der Waals surface area contributed by atoms with Crippen LogP contribution >= 0.6 is 11.3 Å². The molecule has 0 radical (unpaired) electrons. The Morgan fingerprint density at radius 2 is 2.28 bits per heavy atom. The zero-order valence-corrected chi connectivity index (χ0v) is 10.9. The molecule has 5 nitrogen and oxygen atoms in total. The molecule has 3 N–H and O–H groups in total. The molecule has 1 aliphatic carbocycles. The first-order chi connectivity index (χ1) is 8.72. The molecule has 1 fully saturated rings. The minimum absolute atomic E-state index is 0.0326. The molecule has 98 valence electrons. The summed E-state index contributed by atoms with van der Waals surface area (Å²) in [6.07, 6.45) is 4.26. The van der Waals surface area contributed by atoms with Crippen molar-refractivity contribution in [1.82, 2.24) is 4.90 Å². The van der Waals surface area contributed by atoms with Crippen LogP contribution in [-0.4, -0.2) is 34.4 Å².